The molecule has 110 valence electrons. The molecule has 0 N–H and O–H groups in total. The quantitative estimate of drug-likeness (QED) is 0.721. The zero-order valence-electron chi connectivity index (χ0n) is 12.3. The number of hydrogen-bond donors (Lipinski definition) is 0. The van der Waals surface area contributed by atoms with Crippen molar-refractivity contribution in [1.29, 1.82) is 0 Å². The molecule has 1 rings (SSSR count). The first-order valence-corrected chi connectivity index (χ1v) is 7.14. The lowest BCUT2D eigenvalue weighted by Crippen LogP contribution is -2.48. The number of amides is 1. The van der Waals surface area contributed by atoms with Crippen LogP contribution in [-0.2, 0) is 14.3 Å². The Labute approximate surface area is 115 Å². The minimum absolute atomic E-state index is 0.0130. The highest BCUT2D eigenvalue weighted by atomic mass is 16.6. The van der Waals surface area contributed by atoms with E-state index in [1.54, 1.807) is 18.7 Å². The molecule has 0 aromatic rings. The zero-order valence-corrected chi connectivity index (χ0v) is 12.3. The van der Waals surface area contributed by atoms with Crippen molar-refractivity contribution in [3.8, 4) is 0 Å². The fourth-order valence-electron chi connectivity index (χ4n) is 2.72. The number of esters is 1. The molecule has 0 spiro atoms. The molecule has 1 amide bonds. The van der Waals surface area contributed by atoms with E-state index >= 15 is 0 Å². The van der Waals surface area contributed by atoms with Gasteiger partial charge in [0.15, 0.2) is 0 Å². The molecule has 5 heteroatoms. The predicted molar refractivity (Wildman–Crippen MR) is 71.8 cm³/mol. The minimum atomic E-state index is -0.335. The highest BCUT2D eigenvalue weighted by molar-refractivity contribution is 5.76. The van der Waals surface area contributed by atoms with Crippen molar-refractivity contribution in [2.75, 3.05) is 13.2 Å². The molecular formula is C14H25NO4. The SMILES string of the molecule is CCOC(=O)C1CCCC1N(C(=O)OCC)C(C)C. The van der Waals surface area contributed by atoms with Gasteiger partial charge in [-0.3, -0.25) is 4.79 Å². The van der Waals surface area contributed by atoms with Crippen LogP contribution in [0.25, 0.3) is 0 Å². The van der Waals surface area contributed by atoms with Crippen LogP contribution < -0.4 is 0 Å². The molecule has 0 aliphatic heterocycles. The summed E-state index contributed by atoms with van der Waals surface area (Å²) in [7, 11) is 0. The van der Waals surface area contributed by atoms with E-state index in [1.165, 1.54) is 0 Å². The number of carbonyl (C=O) groups excluding carboxylic acids is 2. The highest BCUT2D eigenvalue weighted by Crippen LogP contribution is 2.32. The van der Waals surface area contributed by atoms with Crippen molar-refractivity contribution in [3.63, 3.8) is 0 Å². The van der Waals surface area contributed by atoms with Gasteiger partial charge in [-0.2, -0.15) is 0 Å². The zero-order chi connectivity index (χ0) is 14.4. The molecule has 19 heavy (non-hydrogen) atoms. The second kappa shape index (κ2) is 7.36. The molecular weight excluding hydrogens is 246 g/mol. The van der Waals surface area contributed by atoms with E-state index in [4.69, 9.17) is 9.47 Å². The number of ether oxygens (including phenoxy) is 2. The van der Waals surface area contributed by atoms with Crippen LogP contribution in [0.15, 0.2) is 0 Å². The monoisotopic (exact) mass is 271 g/mol. The van der Waals surface area contributed by atoms with Gasteiger partial charge in [0, 0.05) is 12.1 Å². The van der Waals surface area contributed by atoms with Gasteiger partial charge in [-0.15, -0.1) is 0 Å². The van der Waals surface area contributed by atoms with Gasteiger partial charge in [0.1, 0.15) is 0 Å². The van der Waals surface area contributed by atoms with Crippen LogP contribution in [0.4, 0.5) is 4.79 Å². The summed E-state index contributed by atoms with van der Waals surface area (Å²) in [5.41, 5.74) is 0. The Morgan fingerprint density at radius 1 is 1.16 bits per heavy atom. The van der Waals surface area contributed by atoms with Gasteiger partial charge in [0.05, 0.1) is 19.1 Å². The number of rotatable bonds is 5. The normalized spacial score (nSPS) is 22.4. The van der Waals surface area contributed by atoms with Gasteiger partial charge in [-0.25, -0.2) is 4.79 Å². The van der Waals surface area contributed by atoms with Crippen LogP contribution in [0.3, 0.4) is 0 Å². The average Bonchev–Trinajstić information content (AvgIpc) is 2.78. The number of carbonyl (C=O) groups is 2. The molecule has 2 unspecified atom stereocenters. The van der Waals surface area contributed by atoms with Crippen molar-refractivity contribution in [1.82, 2.24) is 4.90 Å². The van der Waals surface area contributed by atoms with Crippen LogP contribution in [0.5, 0.6) is 0 Å². The van der Waals surface area contributed by atoms with E-state index < -0.39 is 0 Å². The lowest BCUT2D eigenvalue weighted by Gasteiger charge is -2.34. The van der Waals surface area contributed by atoms with E-state index in [9.17, 15) is 9.59 Å². The Hall–Kier alpha value is -1.26. The second-order valence-electron chi connectivity index (χ2n) is 5.06. The first-order valence-electron chi connectivity index (χ1n) is 7.14. The van der Waals surface area contributed by atoms with Crippen LogP contribution in [-0.4, -0.2) is 42.3 Å². The first kappa shape index (κ1) is 15.8. The summed E-state index contributed by atoms with van der Waals surface area (Å²) in [6.07, 6.45) is 2.22. The van der Waals surface area contributed by atoms with E-state index in [0.29, 0.717) is 13.2 Å². The van der Waals surface area contributed by atoms with Crippen molar-refractivity contribution in [2.24, 2.45) is 5.92 Å². The van der Waals surface area contributed by atoms with E-state index in [1.807, 2.05) is 13.8 Å². The number of nitrogens with zero attached hydrogens (tertiary/aromatic N) is 1. The molecule has 5 nitrogen and oxygen atoms in total. The Bertz CT molecular complexity index is 317. The summed E-state index contributed by atoms with van der Waals surface area (Å²) < 4.78 is 10.2. The molecule has 2 atom stereocenters. The lowest BCUT2D eigenvalue weighted by molar-refractivity contribution is -0.149. The predicted octanol–water partition coefficient (Wildman–Crippen LogP) is 2.59. The smallest absolute Gasteiger partial charge is 0.410 e. The summed E-state index contributed by atoms with van der Waals surface area (Å²) in [5, 5.41) is 0. The lowest BCUT2D eigenvalue weighted by atomic mass is 10.0. The Morgan fingerprint density at radius 2 is 1.79 bits per heavy atom. The molecule has 1 aliphatic carbocycles. The molecule has 0 aromatic heterocycles. The van der Waals surface area contributed by atoms with Gasteiger partial charge in [-0.1, -0.05) is 6.42 Å². The van der Waals surface area contributed by atoms with E-state index in [2.05, 4.69) is 0 Å². The highest BCUT2D eigenvalue weighted by Gasteiger charge is 2.41. The maximum absolute atomic E-state index is 12.0. The van der Waals surface area contributed by atoms with Crippen molar-refractivity contribution in [3.05, 3.63) is 0 Å². The minimum Gasteiger partial charge on any atom is -0.466 e. The molecule has 0 aromatic carbocycles. The molecule has 1 aliphatic rings. The van der Waals surface area contributed by atoms with Crippen LogP contribution in [0, 0.1) is 5.92 Å². The summed E-state index contributed by atoms with van der Waals surface area (Å²) in [6.45, 7) is 8.19. The summed E-state index contributed by atoms with van der Waals surface area (Å²) in [4.78, 5) is 25.7. The Morgan fingerprint density at radius 3 is 2.32 bits per heavy atom. The van der Waals surface area contributed by atoms with Gasteiger partial charge >= 0.3 is 12.1 Å². The topological polar surface area (TPSA) is 55.8 Å². The van der Waals surface area contributed by atoms with E-state index in [-0.39, 0.29) is 30.1 Å². The van der Waals surface area contributed by atoms with Gasteiger partial charge in [-0.05, 0) is 40.5 Å². The maximum atomic E-state index is 12.0. The maximum Gasteiger partial charge on any atom is 0.410 e. The fraction of sp³-hybridized carbons (Fsp3) is 0.857. The summed E-state index contributed by atoms with van der Waals surface area (Å²) in [6, 6.07) is -0.0859. The third-order valence-electron chi connectivity index (χ3n) is 3.46. The summed E-state index contributed by atoms with van der Waals surface area (Å²) in [5.74, 6) is -0.410. The van der Waals surface area contributed by atoms with Crippen LogP contribution >= 0.6 is 0 Å². The largest absolute Gasteiger partial charge is 0.466 e. The Balaban J connectivity index is 2.82. The van der Waals surface area contributed by atoms with Gasteiger partial charge in [0.2, 0.25) is 0 Å². The van der Waals surface area contributed by atoms with Gasteiger partial charge in [0.25, 0.3) is 0 Å². The molecule has 1 saturated carbocycles. The van der Waals surface area contributed by atoms with Crippen molar-refractivity contribution in [2.45, 2.75) is 59.0 Å². The molecule has 0 bridgehead atoms. The van der Waals surface area contributed by atoms with Crippen LogP contribution in [0.2, 0.25) is 0 Å². The second-order valence-corrected chi connectivity index (χ2v) is 5.06. The van der Waals surface area contributed by atoms with Gasteiger partial charge < -0.3 is 14.4 Å². The van der Waals surface area contributed by atoms with Crippen LogP contribution in [0.1, 0.15) is 47.0 Å². The Kier molecular flexibility index (Phi) is 6.12. The number of hydrogen-bond acceptors (Lipinski definition) is 4. The third kappa shape index (κ3) is 3.85. The molecule has 1 fully saturated rings. The fourth-order valence-corrected chi connectivity index (χ4v) is 2.72. The van der Waals surface area contributed by atoms with E-state index in [0.717, 1.165) is 19.3 Å². The standard InChI is InChI=1S/C14H25NO4/c1-5-18-13(16)11-8-7-9-12(11)15(10(3)4)14(17)19-6-2/h10-12H,5-9H2,1-4H3. The summed E-state index contributed by atoms with van der Waals surface area (Å²) >= 11 is 0. The molecule has 0 radical (unpaired) electrons. The molecule has 0 heterocycles. The first-order chi connectivity index (χ1) is 9.02. The van der Waals surface area contributed by atoms with Crippen molar-refractivity contribution >= 4 is 12.1 Å². The molecule has 0 saturated heterocycles. The third-order valence-corrected chi connectivity index (χ3v) is 3.46. The van der Waals surface area contributed by atoms with Crippen molar-refractivity contribution < 1.29 is 19.1 Å². The average molecular weight is 271 g/mol.